The van der Waals surface area contributed by atoms with Gasteiger partial charge >= 0.3 is 0 Å². The van der Waals surface area contributed by atoms with Crippen LogP contribution in [-0.4, -0.2) is 22.4 Å². The lowest BCUT2D eigenvalue weighted by Gasteiger charge is -2.32. The van der Waals surface area contributed by atoms with E-state index >= 15 is 0 Å². The maximum absolute atomic E-state index is 5.37. The molecule has 3 aliphatic rings. The van der Waals surface area contributed by atoms with E-state index in [0.717, 1.165) is 29.2 Å². The zero-order chi connectivity index (χ0) is 14.9. The van der Waals surface area contributed by atoms with Gasteiger partial charge < -0.3 is 5.32 Å². The van der Waals surface area contributed by atoms with Crippen LogP contribution in [-0.2, 0) is 0 Å². The molecule has 1 aromatic rings. The number of thiocarbonyl (C=S) groups is 1. The van der Waals surface area contributed by atoms with E-state index in [1.807, 2.05) is 12.1 Å². The molecule has 2 saturated carbocycles. The van der Waals surface area contributed by atoms with Crippen molar-refractivity contribution in [2.45, 2.75) is 25.3 Å². The van der Waals surface area contributed by atoms with Crippen LogP contribution in [0.4, 0.5) is 0 Å². The fraction of sp³-hybridized carbons (Fsp3) is 0.471. The Kier molecular flexibility index (Phi) is 3.66. The number of fused-ring (bicyclic) bond motifs is 5. The van der Waals surface area contributed by atoms with E-state index in [2.05, 4.69) is 33.0 Å². The minimum atomic E-state index is 0.502. The molecule has 0 radical (unpaired) electrons. The lowest BCUT2D eigenvalue weighted by molar-refractivity contribution is 0.246. The Morgan fingerprint density at radius 3 is 3.18 bits per heavy atom. The van der Waals surface area contributed by atoms with Crippen LogP contribution in [0.3, 0.4) is 0 Å². The first-order valence-electron chi connectivity index (χ1n) is 7.97. The van der Waals surface area contributed by atoms with Gasteiger partial charge in [0, 0.05) is 24.0 Å². The molecule has 4 nitrogen and oxygen atoms in total. The number of aromatic nitrogens is 1. The summed E-state index contributed by atoms with van der Waals surface area (Å²) in [6.45, 7) is 0. The molecule has 0 aliphatic heterocycles. The van der Waals surface area contributed by atoms with E-state index in [1.54, 1.807) is 18.6 Å². The van der Waals surface area contributed by atoms with Gasteiger partial charge in [-0.3, -0.25) is 10.4 Å². The van der Waals surface area contributed by atoms with Crippen LogP contribution in [0.15, 0.2) is 41.8 Å². The summed E-state index contributed by atoms with van der Waals surface area (Å²) in [6.07, 6.45) is 13.9. The van der Waals surface area contributed by atoms with Crippen LogP contribution >= 0.6 is 12.2 Å². The fourth-order valence-electron chi connectivity index (χ4n) is 4.53. The van der Waals surface area contributed by atoms with E-state index in [-0.39, 0.29) is 0 Å². The van der Waals surface area contributed by atoms with Crippen LogP contribution in [0.5, 0.6) is 0 Å². The van der Waals surface area contributed by atoms with Gasteiger partial charge in [0.2, 0.25) is 0 Å². The Hall–Kier alpha value is -1.75. The third-order valence-electron chi connectivity index (χ3n) is 5.39. The molecule has 0 amide bonds. The van der Waals surface area contributed by atoms with E-state index in [0.29, 0.717) is 11.2 Å². The van der Waals surface area contributed by atoms with Crippen molar-refractivity contribution in [3.05, 3.63) is 42.2 Å². The number of pyridine rings is 1. The lowest BCUT2D eigenvalue weighted by atomic mass is 9.79. The zero-order valence-electron chi connectivity index (χ0n) is 12.4. The third kappa shape index (κ3) is 2.54. The van der Waals surface area contributed by atoms with Gasteiger partial charge in [-0.1, -0.05) is 18.2 Å². The maximum atomic E-state index is 5.37. The Bertz CT molecular complexity index is 612. The number of hydrogen-bond acceptors (Lipinski definition) is 3. The van der Waals surface area contributed by atoms with Crippen molar-refractivity contribution in [1.82, 2.24) is 15.7 Å². The Labute approximate surface area is 136 Å². The summed E-state index contributed by atoms with van der Waals surface area (Å²) in [7, 11) is 0. The van der Waals surface area contributed by atoms with Gasteiger partial charge in [-0.2, -0.15) is 5.10 Å². The average Bonchev–Trinajstić information content (AvgIpc) is 3.20. The average molecular weight is 312 g/mol. The topological polar surface area (TPSA) is 49.3 Å². The molecule has 5 atom stereocenters. The quantitative estimate of drug-likeness (QED) is 0.390. The summed E-state index contributed by atoms with van der Waals surface area (Å²) in [5, 5.41) is 8.27. The first kappa shape index (κ1) is 13.9. The highest BCUT2D eigenvalue weighted by molar-refractivity contribution is 7.80. The predicted molar refractivity (Wildman–Crippen MR) is 91.4 cm³/mol. The van der Waals surface area contributed by atoms with Gasteiger partial charge in [0.05, 0.1) is 6.21 Å². The summed E-state index contributed by atoms with van der Waals surface area (Å²) >= 11 is 5.37. The van der Waals surface area contributed by atoms with Crippen molar-refractivity contribution in [2.24, 2.45) is 28.8 Å². The van der Waals surface area contributed by atoms with Crippen LogP contribution in [0.25, 0.3) is 0 Å². The zero-order valence-corrected chi connectivity index (χ0v) is 13.2. The third-order valence-corrected chi connectivity index (χ3v) is 5.60. The molecule has 5 heteroatoms. The van der Waals surface area contributed by atoms with Crippen molar-refractivity contribution in [3.8, 4) is 0 Å². The number of allylic oxidation sites excluding steroid dienone is 2. The van der Waals surface area contributed by atoms with Gasteiger partial charge in [-0.25, -0.2) is 0 Å². The molecular weight excluding hydrogens is 292 g/mol. The second-order valence-electron chi connectivity index (χ2n) is 6.54. The molecular formula is C17H20N4S. The van der Waals surface area contributed by atoms with E-state index < -0.39 is 0 Å². The van der Waals surface area contributed by atoms with Crippen LogP contribution in [0, 0.1) is 23.7 Å². The largest absolute Gasteiger partial charge is 0.358 e. The molecule has 1 heterocycles. The molecule has 2 fully saturated rings. The minimum Gasteiger partial charge on any atom is -0.358 e. The SMILES string of the molecule is S=C(NN=Cc1cccnc1)NC1CC2CC1C1C=CCC21. The Morgan fingerprint density at radius 2 is 2.32 bits per heavy atom. The minimum absolute atomic E-state index is 0.502. The highest BCUT2D eigenvalue weighted by Crippen LogP contribution is 2.56. The molecule has 2 N–H and O–H groups in total. The number of hydrogen-bond donors (Lipinski definition) is 2. The molecule has 5 unspecified atom stereocenters. The smallest absolute Gasteiger partial charge is 0.187 e. The number of nitrogens with one attached hydrogen (secondary N) is 2. The van der Waals surface area contributed by atoms with Gasteiger partial charge in [0.25, 0.3) is 0 Å². The Morgan fingerprint density at radius 1 is 1.36 bits per heavy atom. The lowest BCUT2D eigenvalue weighted by Crippen LogP contribution is -2.45. The van der Waals surface area contributed by atoms with E-state index in [4.69, 9.17) is 12.2 Å². The standard InChI is InChI=1S/C17H20N4S/c22-17(21-19-10-11-3-2-6-18-9-11)20-16-8-12-7-15(16)14-5-1-4-13(12)14/h1-3,5-6,9-10,12-16H,4,7-8H2,(H2,20,21,22). The fourth-order valence-corrected chi connectivity index (χ4v) is 4.73. The van der Waals surface area contributed by atoms with Crippen LogP contribution < -0.4 is 10.7 Å². The number of rotatable bonds is 3. The van der Waals surface area contributed by atoms with Crippen LogP contribution in [0.1, 0.15) is 24.8 Å². The molecule has 3 aliphatic carbocycles. The van der Waals surface area contributed by atoms with Crippen molar-refractivity contribution in [2.75, 3.05) is 0 Å². The molecule has 114 valence electrons. The van der Waals surface area contributed by atoms with E-state index in [9.17, 15) is 0 Å². The predicted octanol–water partition coefficient (Wildman–Crippen LogP) is 2.48. The number of hydrazone groups is 1. The second kappa shape index (κ2) is 5.80. The number of nitrogens with zero attached hydrogens (tertiary/aromatic N) is 2. The van der Waals surface area contributed by atoms with E-state index in [1.165, 1.54) is 19.3 Å². The monoisotopic (exact) mass is 312 g/mol. The van der Waals surface area contributed by atoms with Gasteiger partial charge in [-0.05, 0) is 61.2 Å². The van der Waals surface area contributed by atoms with Crippen molar-refractivity contribution < 1.29 is 0 Å². The highest BCUT2D eigenvalue weighted by atomic mass is 32.1. The summed E-state index contributed by atoms with van der Waals surface area (Å²) < 4.78 is 0. The summed E-state index contributed by atoms with van der Waals surface area (Å²) in [5.41, 5.74) is 3.88. The summed E-state index contributed by atoms with van der Waals surface area (Å²) in [5.74, 6) is 3.31. The van der Waals surface area contributed by atoms with Crippen LogP contribution in [0.2, 0.25) is 0 Å². The van der Waals surface area contributed by atoms with Gasteiger partial charge in [0.15, 0.2) is 5.11 Å². The molecule has 22 heavy (non-hydrogen) atoms. The molecule has 2 bridgehead atoms. The van der Waals surface area contributed by atoms with Crippen molar-refractivity contribution in [3.63, 3.8) is 0 Å². The summed E-state index contributed by atoms with van der Waals surface area (Å²) in [4.78, 5) is 4.05. The molecule has 0 aromatic carbocycles. The van der Waals surface area contributed by atoms with Crippen molar-refractivity contribution >= 4 is 23.5 Å². The molecule has 4 rings (SSSR count). The van der Waals surface area contributed by atoms with Gasteiger partial charge in [0.1, 0.15) is 0 Å². The maximum Gasteiger partial charge on any atom is 0.187 e. The highest BCUT2D eigenvalue weighted by Gasteiger charge is 2.52. The van der Waals surface area contributed by atoms with Crippen molar-refractivity contribution in [1.29, 1.82) is 0 Å². The Balaban J connectivity index is 1.30. The second-order valence-corrected chi connectivity index (χ2v) is 6.94. The van der Waals surface area contributed by atoms with Gasteiger partial charge in [-0.15, -0.1) is 0 Å². The molecule has 1 aromatic heterocycles. The summed E-state index contributed by atoms with van der Waals surface area (Å²) in [6, 6.07) is 4.35. The first-order valence-corrected chi connectivity index (χ1v) is 8.38. The molecule has 0 saturated heterocycles. The molecule has 0 spiro atoms. The first-order chi connectivity index (χ1) is 10.8. The normalized spacial score (nSPS) is 35.0.